The van der Waals surface area contributed by atoms with Gasteiger partial charge in [-0.25, -0.2) is 0 Å². The number of benzene rings is 2. The monoisotopic (exact) mass is 288 g/mol. The third kappa shape index (κ3) is 2.06. The third-order valence-corrected chi connectivity index (χ3v) is 5.54. The topological polar surface area (TPSA) is 17.1 Å². The van der Waals surface area contributed by atoms with E-state index in [1.54, 1.807) is 0 Å². The molecule has 17 heavy (non-hydrogen) atoms. The summed E-state index contributed by atoms with van der Waals surface area (Å²) in [6.07, 6.45) is 0.921. The maximum atomic E-state index is 12.2. The molecule has 0 aliphatic heterocycles. The van der Waals surface area contributed by atoms with Crippen molar-refractivity contribution in [3.8, 4) is 0 Å². The summed E-state index contributed by atoms with van der Waals surface area (Å²) in [5, 5.41) is 0. The summed E-state index contributed by atoms with van der Waals surface area (Å²) in [6.45, 7) is 0. The van der Waals surface area contributed by atoms with Crippen LogP contribution < -0.4 is 4.46 Å². The molecule has 0 radical (unpaired) electrons. The van der Waals surface area contributed by atoms with Gasteiger partial charge < -0.3 is 0 Å². The van der Waals surface area contributed by atoms with E-state index in [1.807, 2.05) is 36.4 Å². The van der Waals surface area contributed by atoms with Gasteiger partial charge in [0.2, 0.25) is 0 Å². The van der Waals surface area contributed by atoms with Crippen LogP contribution in [0.1, 0.15) is 15.9 Å². The van der Waals surface area contributed by atoms with Crippen molar-refractivity contribution in [2.24, 2.45) is 0 Å². The second-order valence-corrected chi connectivity index (χ2v) is 6.82. The van der Waals surface area contributed by atoms with Gasteiger partial charge in [-0.1, -0.05) is 0 Å². The Kier molecular flexibility index (Phi) is 2.84. The van der Waals surface area contributed by atoms with Crippen LogP contribution in [0, 0.1) is 0 Å². The number of rotatable bonds is 2. The van der Waals surface area contributed by atoms with Gasteiger partial charge in [-0.3, -0.25) is 0 Å². The average molecular weight is 287 g/mol. The molecule has 0 saturated heterocycles. The van der Waals surface area contributed by atoms with Gasteiger partial charge in [0, 0.05) is 0 Å². The Hall–Kier alpha value is -1.37. The van der Waals surface area contributed by atoms with E-state index in [0.29, 0.717) is 5.78 Å². The summed E-state index contributed by atoms with van der Waals surface area (Å²) in [5.41, 5.74) is 2.16. The van der Waals surface area contributed by atoms with Crippen LogP contribution in [-0.4, -0.2) is 20.7 Å². The first-order chi connectivity index (χ1) is 8.34. The number of ketones is 1. The van der Waals surface area contributed by atoms with Gasteiger partial charge in [0.15, 0.2) is 0 Å². The molecule has 0 bridgehead atoms. The predicted octanol–water partition coefficient (Wildman–Crippen LogP) is 2.24. The molecule has 0 saturated carbocycles. The number of carbonyl (C=O) groups excluding carboxylic acids is 1. The van der Waals surface area contributed by atoms with E-state index < -0.39 is 0 Å². The molecule has 1 nitrogen and oxygen atoms in total. The molecule has 84 valence electrons. The molecule has 1 unspecified atom stereocenters. The molecule has 0 spiro atoms. The van der Waals surface area contributed by atoms with Crippen LogP contribution >= 0.6 is 0 Å². The van der Waals surface area contributed by atoms with E-state index in [0.717, 1.165) is 12.0 Å². The van der Waals surface area contributed by atoms with E-state index in [1.165, 1.54) is 10.0 Å². The minimum atomic E-state index is 0.197. The molecule has 0 amide bonds. The Morgan fingerprint density at radius 2 is 1.65 bits per heavy atom. The third-order valence-electron chi connectivity index (χ3n) is 3.00. The molecule has 2 aromatic carbocycles. The van der Waals surface area contributed by atoms with Crippen molar-refractivity contribution < 1.29 is 4.79 Å². The molecule has 0 aromatic heterocycles. The fraction of sp³-hybridized carbons (Fsp3) is 0.133. The molecular formula is C15H12OSe. The molecule has 0 heterocycles. The van der Waals surface area contributed by atoms with E-state index in [4.69, 9.17) is 0 Å². The zero-order chi connectivity index (χ0) is 11.7. The molecule has 3 rings (SSSR count). The molecular weight excluding hydrogens is 275 g/mol. The van der Waals surface area contributed by atoms with Gasteiger partial charge in [0.05, 0.1) is 0 Å². The van der Waals surface area contributed by atoms with E-state index in [9.17, 15) is 4.79 Å². The summed E-state index contributed by atoms with van der Waals surface area (Å²) >= 11 is 0.247. The summed E-state index contributed by atoms with van der Waals surface area (Å²) in [5.74, 6) is 0.337. The molecule has 0 fully saturated rings. The number of hydrogen-bond acceptors (Lipinski definition) is 1. The maximum absolute atomic E-state index is 12.2. The zero-order valence-electron chi connectivity index (χ0n) is 9.30. The predicted molar refractivity (Wildman–Crippen MR) is 70.1 cm³/mol. The summed E-state index contributed by atoms with van der Waals surface area (Å²) in [7, 11) is 0. The van der Waals surface area contributed by atoms with Crippen molar-refractivity contribution in [2.75, 3.05) is 0 Å². The number of fused-ring (bicyclic) bond motifs is 1. The fourth-order valence-corrected chi connectivity index (χ4v) is 4.55. The average Bonchev–Trinajstić information content (AvgIpc) is 2.68. The molecule has 2 heteroatoms. The molecule has 1 atom stereocenters. The second-order valence-electron chi connectivity index (χ2n) is 4.15. The molecule has 1 aliphatic carbocycles. The van der Waals surface area contributed by atoms with Crippen molar-refractivity contribution in [1.82, 2.24) is 0 Å². The Balaban J connectivity index is 1.83. The van der Waals surface area contributed by atoms with Crippen LogP contribution in [0.4, 0.5) is 0 Å². The first kappa shape index (κ1) is 10.8. The van der Waals surface area contributed by atoms with Crippen molar-refractivity contribution in [2.45, 2.75) is 11.2 Å². The number of hydrogen-bond donors (Lipinski definition) is 0. The molecule has 2 aromatic rings. The van der Waals surface area contributed by atoms with Crippen LogP contribution in [0.15, 0.2) is 54.6 Å². The fourth-order valence-electron chi connectivity index (χ4n) is 2.16. The Morgan fingerprint density at radius 3 is 2.41 bits per heavy atom. The van der Waals surface area contributed by atoms with Crippen molar-refractivity contribution in [1.29, 1.82) is 0 Å². The second kappa shape index (κ2) is 4.48. The van der Waals surface area contributed by atoms with Crippen molar-refractivity contribution in [3.63, 3.8) is 0 Å². The summed E-state index contributed by atoms with van der Waals surface area (Å²) < 4.78 is 1.31. The SMILES string of the molecule is O=C1c2ccccc2CC1[Se]c1ccccc1. The van der Waals surface area contributed by atoms with Crippen LogP contribution in [0.25, 0.3) is 0 Å². The van der Waals surface area contributed by atoms with Crippen LogP contribution in [0.3, 0.4) is 0 Å². The number of Topliss-reactive ketones (excluding diaryl/α,β-unsaturated/α-hetero) is 1. The number of carbonyl (C=O) groups is 1. The molecule has 1 aliphatic rings. The standard InChI is InChI=1S/C15H12OSe/c16-15-13-9-5-4-6-11(13)10-14(15)17-12-7-2-1-3-8-12/h1-9,14H,10H2. The van der Waals surface area contributed by atoms with Crippen LogP contribution in [0.5, 0.6) is 0 Å². The Labute approximate surface area is 107 Å². The van der Waals surface area contributed by atoms with Crippen LogP contribution in [-0.2, 0) is 6.42 Å². The van der Waals surface area contributed by atoms with Gasteiger partial charge in [-0.2, -0.15) is 0 Å². The van der Waals surface area contributed by atoms with Crippen molar-refractivity contribution in [3.05, 3.63) is 65.7 Å². The quantitative estimate of drug-likeness (QED) is 0.774. The Bertz CT molecular complexity index is 548. The van der Waals surface area contributed by atoms with Crippen molar-refractivity contribution >= 4 is 25.2 Å². The van der Waals surface area contributed by atoms with Gasteiger partial charge in [0.25, 0.3) is 0 Å². The summed E-state index contributed by atoms with van der Waals surface area (Å²) in [6, 6.07) is 18.4. The minimum absolute atomic E-state index is 0.197. The van der Waals surface area contributed by atoms with Gasteiger partial charge in [-0.05, 0) is 0 Å². The molecule has 0 N–H and O–H groups in total. The van der Waals surface area contributed by atoms with E-state index in [-0.39, 0.29) is 19.8 Å². The van der Waals surface area contributed by atoms with E-state index in [2.05, 4.69) is 18.2 Å². The van der Waals surface area contributed by atoms with Gasteiger partial charge >= 0.3 is 107 Å². The summed E-state index contributed by atoms with van der Waals surface area (Å²) in [4.78, 5) is 12.4. The van der Waals surface area contributed by atoms with Gasteiger partial charge in [0.1, 0.15) is 0 Å². The van der Waals surface area contributed by atoms with Crippen LogP contribution in [0.2, 0.25) is 4.82 Å². The van der Waals surface area contributed by atoms with E-state index >= 15 is 0 Å². The van der Waals surface area contributed by atoms with Gasteiger partial charge in [-0.15, -0.1) is 0 Å². The zero-order valence-corrected chi connectivity index (χ0v) is 11.0. The first-order valence-electron chi connectivity index (χ1n) is 5.68. The first-order valence-corrected chi connectivity index (χ1v) is 7.53. The Morgan fingerprint density at radius 1 is 0.941 bits per heavy atom. The normalized spacial score (nSPS) is 18.1.